The number of benzene rings is 2. The lowest BCUT2D eigenvalue weighted by Crippen LogP contribution is -2.45. The molecule has 5 heteroatoms. The van der Waals surface area contributed by atoms with Gasteiger partial charge < -0.3 is 10.6 Å². The maximum Gasteiger partial charge on any atom is 0.239 e. The molecule has 0 bridgehead atoms. The number of carbonyl (C=O) groups is 2. The van der Waals surface area contributed by atoms with Gasteiger partial charge in [0, 0.05) is 17.8 Å². The van der Waals surface area contributed by atoms with Crippen LogP contribution in [-0.2, 0) is 16.1 Å². The molecule has 0 aliphatic heterocycles. The number of hydrogen-bond acceptors (Lipinski definition) is 2. The number of amides is 2. The molecular formula is C20H23FN2O2. The fraction of sp³-hybridized carbons (Fsp3) is 0.300. The first-order chi connectivity index (χ1) is 11.7. The first kappa shape index (κ1) is 18.6. The van der Waals surface area contributed by atoms with Crippen LogP contribution < -0.4 is 10.6 Å². The quantitative estimate of drug-likeness (QED) is 0.814. The summed E-state index contributed by atoms with van der Waals surface area (Å²) < 4.78 is 13.6. The van der Waals surface area contributed by atoms with Crippen molar-refractivity contribution in [3.05, 3.63) is 65.0 Å². The Kier molecular flexibility index (Phi) is 5.57. The number of halogens is 1. The smallest absolute Gasteiger partial charge is 0.239 e. The van der Waals surface area contributed by atoms with Crippen LogP contribution in [0.4, 0.5) is 10.1 Å². The molecule has 0 atom stereocenters. The number of rotatable bonds is 5. The van der Waals surface area contributed by atoms with E-state index in [1.165, 1.54) is 6.07 Å². The van der Waals surface area contributed by atoms with Crippen molar-refractivity contribution in [1.82, 2.24) is 5.32 Å². The molecule has 0 unspecified atom stereocenters. The Labute approximate surface area is 147 Å². The lowest BCUT2D eigenvalue weighted by molar-refractivity contribution is -0.138. The van der Waals surface area contributed by atoms with Gasteiger partial charge in [-0.25, -0.2) is 4.39 Å². The SMILES string of the molecule is Cc1cccc(C)c1NC(=O)C(C)(C)C(=O)NCc1ccccc1F. The summed E-state index contributed by atoms with van der Waals surface area (Å²) in [6, 6.07) is 11.9. The molecule has 0 spiro atoms. The Balaban J connectivity index is 2.07. The highest BCUT2D eigenvalue weighted by atomic mass is 19.1. The molecule has 25 heavy (non-hydrogen) atoms. The fourth-order valence-corrected chi connectivity index (χ4v) is 2.42. The van der Waals surface area contributed by atoms with Crippen molar-refractivity contribution in [1.29, 1.82) is 0 Å². The van der Waals surface area contributed by atoms with Crippen molar-refractivity contribution in [2.24, 2.45) is 5.41 Å². The van der Waals surface area contributed by atoms with Crippen LogP contribution in [0.15, 0.2) is 42.5 Å². The van der Waals surface area contributed by atoms with Gasteiger partial charge in [-0.3, -0.25) is 9.59 Å². The summed E-state index contributed by atoms with van der Waals surface area (Å²) in [5.74, 6) is -1.25. The van der Waals surface area contributed by atoms with Gasteiger partial charge in [-0.2, -0.15) is 0 Å². The highest BCUT2D eigenvalue weighted by Crippen LogP contribution is 2.24. The molecular weight excluding hydrogens is 319 g/mol. The average molecular weight is 342 g/mol. The summed E-state index contributed by atoms with van der Waals surface area (Å²) in [5.41, 5.74) is 1.65. The van der Waals surface area contributed by atoms with Gasteiger partial charge in [-0.1, -0.05) is 36.4 Å². The molecule has 2 N–H and O–H groups in total. The first-order valence-corrected chi connectivity index (χ1v) is 8.13. The lowest BCUT2D eigenvalue weighted by Gasteiger charge is -2.24. The first-order valence-electron chi connectivity index (χ1n) is 8.13. The summed E-state index contributed by atoms with van der Waals surface area (Å²) in [4.78, 5) is 25.1. The van der Waals surface area contributed by atoms with Crippen molar-refractivity contribution in [3.8, 4) is 0 Å². The van der Waals surface area contributed by atoms with Crippen molar-refractivity contribution in [3.63, 3.8) is 0 Å². The van der Waals surface area contributed by atoms with E-state index >= 15 is 0 Å². The standard InChI is InChI=1S/C20H23FN2O2/c1-13-8-7-9-14(2)17(13)23-19(25)20(3,4)18(24)22-12-15-10-5-6-11-16(15)21/h5-11H,12H2,1-4H3,(H,22,24)(H,23,25). The number of aryl methyl sites for hydroxylation is 2. The van der Waals surface area contributed by atoms with Gasteiger partial charge in [0.2, 0.25) is 11.8 Å². The zero-order valence-electron chi connectivity index (χ0n) is 14.9. The minimum absolute atomic E-state index is 0.0333. The normalized spacial score (nSPS) is 11.1. The van der Waals surface area contributed by atoms with Gasteiger partial charge >= 0.3 is 0 Å². The summed E-state index contributed by atoms with van der Waals surface area (Å²) >= 11 is 0. The predicted molar refractivity (Wildman–Crippen MR) is 96.6 cm³/mol. The number of para-hydroxylation sites is 1. The minimum atomic E-state index is -1.29. The van der Waals surface area contributed by atoms with Gasteiger partial charge in [0.1, 0.15) is 11.2 Å². The topological polar surface area (TPSA) is 58.2 Å². The predicted octanol–water partition coefficient (Wildman–Crippen LogP) is 3.72. The lowest BCUT2D eigenvalue weighted by atomic mass is 9.90. The van der Waals surface area contributed by atoms with E-state index in [2.05, 4.69) is 10.6 Å². The fourth-order valence-electron chi connectivity index (χ4n) is 2.42. The third-order valence-corrected chi connectivity index (χ3v) is 4.25. The number of hydrogen-bond donors (Lipinski definition) is 2. The molecule has 2 amide bonds. The molecule has 132 valence electrons. The largest absolute Gasteiger partial charge is 0.351 e. The minimum Gasteiger partial charge on any atom is -0.351 e. The maximum absolute atomic E-state index is 13.6. The molecule has 0 saturated heterocycles. The number of nitrogens with one attached hydrogen (secondary N) is 2. The van der Waals surface area contributed by atoms with E-state index < -0.39 is 17.2 Å². The summed E-state index contributed by atoms with van der Waals surface area (Å²) in [5, 5.41) is 5.47. The Morgan fingerprint density at radius 2 is 1.56 bits per heavy atom. The van der Waals surface area contributed by atoms with Crippen molar-refractivity contribution < 1.29 is 14.0 Å². The van der Waals surface area contributed by atoms with E-state index in [-0.39, 0.29) is 12.4 Å². The second-order valence-electron chi connectivity index (χ2n) is 6.62. The second-order valence-corrected chi connectivity index (χ2v) is 6.62. The second kappa shape index (κ2) is 7.47. The Morgan fingerprint density at radius 1 is 0.960 bits per heavy atom. The van der Waals surface area contributed by atoms with Crippen LogP contribution in [0.3, 0.4) is 0 Å². The van der Waals surface area contributed by atoms with E-state index in [1.807, 2.05) is 32.0 Å². The molecule has 0 aromatic heterocycles. The zero-order valence-corrected chi connectivity index (χ0v) is 14.9. The zero-order chi connectivity index (χ0) is 18.6. The van der Waals surface area contributed by atoms with Gasteiger partial charge in [-0.05, 0) is 44.9 Å². The molecule has 4 nitrogen and oxygen atoms in total. The van der Waals surface area contributed by atoms with Crippen LogP contribution in [0.25, 0.3) is 0 Å². The monoisotopic (exact) mass is 342 g/mol. The van der Waals surface area contributed by atoms with Crippen LogP contribution in [0.1, 0.15) is 30.5 Å². The van der Waals surface area contributed by atoms with Crippen LogP contribution in [0.5, 0.6) is 0 Å². The van der Waals surface area contributed by atoms with Crippen LogP contribution in [0, 0.1) is 25.1 Å². The van der Waals surface area contributed by atoms with E-state index in [0.29, 0.717) is 11.3 Å². The Bertz CT molecular complexity index is 780. The van der Waals surface area contributed by atoms with Gasteiger partial charge in [0.25, 0.3) is 0 Å². The van der Waals surface area contributed by atoms with Gasteiger partial charge in [0.05, 0.1) is 0 Å². The van der Waals surface area contributed by atoms with E-state index in [0.717, 1.165) is 11.1 Å². The number of carbonyl (C=O) groups excluding carboxylic acids is 2. The van der Waals surface area contributed by atoms with E-state index in [4.69, 9.17) is 0 Å². The third-order valence-electron chi connectivity index (χ3n) is 4.25. The average Bonchev–Trinajstić information content (AvgIpc) is 2.57. The molecule has 0 fully saturated rings. The van der Waals surface area contributed by atoms with Crippen molar-refractivity contribution in [2.75, 3.05) is 5.32 Å². The third kappa shape index (κ3) is 4.24. The molecule has 2 rings (SSSR count). The Morgan fingerprint density at radius 3 is 2.16 bits per heavy atom. The summed E-state index contributed by atoms with van der Waals surface area (Å²) in [6.45, 7) is 6.92. The molecule has 0 aliphatic carbocycles. The van der Waals surface area contributed by atoms with Crippen LogP contribution in [-0.4, -0.2) is 11.8 Å². The molecule has 0 saturated carbocycles. The highest BCUT2D eigenvalue weighted by Gasteiger charge is 2.36. The molecule has 2 aromatic rings. The molecule has 0 radical (unpaired) electrons. The Hall–Kier alpha value is -2.69. The maximum atomic E-state index is 13.6. The molecule has 2 aromatic carbocycles. The summed E-state index contributed by atoms with van der Waals surface area (Å²) in [6.07, 6.45) is 0. The number of anilines is 1. The van der Waals surface area contributed by atoms with Crippen LogP contribution >= 0.6 is 0 Å². The highest BCUT2D eigenvalue weighted by molar-refractivity contribution is 6.10. The van der Waals surface area contributed by atoms with Gasteiger partial charge in [0.15, 0.2) is 0 Å². The van der Waals surface area contributed by atoms with E-state index in [9.17, 15) is 14.0 Å². The van der Waals surface area contributed by atoms with Crippen molar-refractivity contribution in [2.45, 2.75) is 34.2 Å². The van der Waals surface area contributed by atoms with Gasteiger partial charge in [-0.15, -0.1) is 0 Å². The van der Waals surface area contributed by atoms with Crippen molar-refractivity contribution >= 4 is 17.5 Å². The summed E-state index contributed by atoms with van der Waals surface area (Å²) in [7, 11) is 0. The van der Waals surface area contributed by atoms with E-state index in [1.54, 1.807) is 32.0 Å². The molecule has 0 heterocycles. The van der Waals surface area contributed by atoms with Crippen LogP contribution in [0.2, 0.25) is 0 Å². The molecule has 0 aliphatic rings.